The van der Waals surface area contributed by atoms with E-state index in [9.17, 15) is 4.79 Å². The van der Waals surface area contributed by atoms with Crippen molar-refractivity contribution in [2.24, 2.45) is 0 Å². The van der Waals surface area contributed by atoms with E-state index in [0.717, 1.165) is 72.7 Å². The molecule has 0 radical (unpaired) electrons. The van der Waals surface area contributed by atoms with Crippen LogP contribution >= 0.6 is 0 Å². The first-order chi connectivity index (χ1) is 13.3. The molecule has 2 aliphatic rings. The molecule has 3 heterocycles. The van der Waals surface area contributed by atoms with Crippen LogP contribution in [0.4, 0.5) is 5.69 Å². The maximum atomic E-state index is 12.9. The predicted molar refractivity (Wildman–Crippen MR) is 102 cm³/mol. The van der Waals surface area contributed by atoms with Crippen LogP contribution in [-0.4, -0.2) is 20.6 Å². The summed E-state index contributed by atoms with van der Waals surface area (Å²) in [5.41, 5.74) is 3.98. The third kappa shape index (κ3) is 2.95. The smallest absolute Gasteiger partial charge is 0.278 e. The number of anilines is 1. The number of carbonyl (C=O) groups excluding carboxylic acids is 1. The summed E-state index contributed by atoms with van der Waals surface area (Å²) in [6, 6.07) is 7.81. The van der Waals surface area contributed by atoms with E-state index in [2.05, 4.69) is 21.2 Å². The fourth-order valence-electron chi connectivity index (χ4n) is 4.10. The Morgan fingerprint density at radius 2 is 1.93 bits per heavy atom. The summed E-state index contributed by atoms with van der Waals surface area (Å²) in [5, 5.41) is 7.07. The normalized spacial score (nSPS) is 15.9. The fraction of sp³-hybridized carbons (Fsp3) is 0.381. The van der Waals surface area contributed by atoms with Gasteiger partial charge in [-0.25, -0.2) is 4.98 Å². The molecule has 0 atom stereocenters. The van der Waals surface area contributed by atoms with E-state index < -0.39 is 0 Å². The van der Waals surface area contributed by atoms with Gasteiger partial charge in [-0.2, -0.15) is 0 Å². The minimum atomic E-state index is -0.210. The van der Waals surface area contributed by atoms with Crippen LogP contribution < -0.4 is 5.32 Å². The Balaban J connectivity index is 1.45. The van der Waals surface area contributed by atoms with E-state index in [1.165, 1.54) is 12.8 Å². The van der Waals surface area contributed by atoms with Gasteiger partial charge >= 0.3 is 0 Å². The molecule has 1 aliphatic carbocycles. The lowest BCUT2D eigenvalue weighted by Gasteiger charge is -2.11. The van der Waals surface area contributed by atoms with Crippen LogP contribution in [0.2, 0.25) is 0 Å². The maximum Gasteiger partial charge on any atom is 0.278 e. The van der Waals surface area contributed by atoms with Gasteiger partial charge < -0.3 is 14.4 Å². The van der Waals surface area contributed by atoms with Gasteiger partial charge in [0.15, 0.2) is 5.69 Å². The monoisotopic (exact) mass is 362 g/mol. The number of fused-ring (bicyclic) bond motifs is 2. The van der Waals surface area contributed by atoms with Crippen molar-refractivity contribution in [3.63, 3.8) is 0 Å². The number of aryl methyl sites for hydroxylation is 3. The average molecular weight is 362 g/mol. The average Bonchev–Trinajstić information content (AvgIpc) is 3.32. The molecule has 1 N–H and O–H groups in total. The Bertz CT molecular complexity index is 978. The molecule has 6 heteroatoms. The summed E-state index contributed by atoms with van der Waals surface area (Å²) in [5.74, 6) is 1.78. The van der Waals surface area contributed by atoms with Crippen LogP contribution in [0.3, 0.4) is 0 Å². The number of hydrogen-bond acceptors (Lipinski definition) is 4. The van der Waals surface area contributed by atoms with E-state index >= 15 is 0 Å². The molecule has 27 heavy (non-hydrogen) atoms. The molecule has 2 aromatic heterocycles. The highest BCUT2D eigenvalue weighted by atomic mass is 16.5. The van der Waals surface area contributed by atoms with Crippen molar-refractivity contribution in [1.29, 1.82) is 0 Å². The van der Waals surface area contributed by atoms with Crippen molar-refractivity contribution in [2.75, 3.05) is 5.32 Å². The van der Waals surface area contributed by atoms with Gasteiger partial charge in [0, 0.05) is 36.7 Å². The summed E-state index contributed by atoms with van der Waals surface area (Å²) >= 11 is 0. The van der Waals surface area contributed by atoms with Gasteiger partial charge in [-0.1, -0.05) is 23.4 Å². The first-order valence-electron chi connectivity index (χ1n) is 9.74. The van der Waals surface area contributed by atoms with Crippen molar-refractivity contribution in [1.82, 2.24) is 14.7 Å². The van der Waals surface area contributed by atoms with E-state index in [0.29, 0.717) is 5.69 Å². The number of carbonyl (C=O) groups is 1. The first kappa shape index (κ1) is 16.3. The zero-order chi connectivity index (χ0) is 18.2. The minimum Gasteiger partial charge on any atom is -0.360 e. The summed E-state index contributed by atoms with van der Waals surface area (Å²) in [6.07, 6.45) is 9.38. The van der Waals surface area contributed by atoms with Crippen LogP contribution in [-0.2, 0) is 25.8 Å². The minimum absolute atomic E-state index is 0.210. The second kappa shape index (κ2) is 6.68. The molecule has 1 aliphatic heterocycles. The Hall–Kier alpha value is -2.89. The van der Waals surface area contributed by atoms with Crippen molar-refractivity contribution >= 4 is 11.6 Å². The van der Waals surface area contributed by atoms with Gasteiger partial charge in [-0.15, -0.1) is 0 Å². The molecule has 1 aromatic carbocycles. The van der Waals surface area contributed by atoms with E-state index in [1.54, 1.807) is 0 Å². The highest BCUT2D eigenvalue weighted by molar-refractivity contribution is 6.05. The molecule has 0 saturated carbocycles. The second-order valence-corrected chi connectivity index (χ2v) is 7.33. The summed E-state index contributed by atoms with van der Waals surface area (Å²) in [6.45, 7) is 1.02. The van der Waals surface area contributed by atoms with Gasteiger partial charge in [-0.05, 0) is 38.2 Å². The Morgan fingerprint density at radius 3 is 2.85 bits per heavy atom. The highest BCUT2D eigenvalue weighted by Gasteiger charge is 2.25. The number of amides is 1. The molecule has 0 spiro atoms. The molecule has 1 amide bonds. The standard InChI is InChI=1S/C21H22N4O2/c26-21(20-15-8-2-4-10-18(15)27-24-20)23-16-9-3-1-7-14(16)17-13-25-12-6-5-11-19(25)22-17/h1,3,7,9,13H,2,4-6,8,10-12H2,(H,23,26). The second-order valence-electron chi connectivity index (χ2n) is 7.33. The third-order valence-corrected chi connectivity index (χ3v) is 5.53. The zero-order valence-electron chi connectivity index (χ0n) is 15.2. The quantitative estimate of drug-likeness (QED) is 0.764. The molecule has 138 valence electrons. The number of nitrogens with zero attached hydrogens (tertiary/aromatic N) is 3. The SMILES string of the molecule is O=C(Nc1ccccc1-c1cn2c(n1)CCCC2)c1noc2c1CCCC2. The molecular weight excluding hydrogens is 340 g/mol. The maximum absolute atomic E-state index is 12.9. The molecule has 0 unspecified atom stereocenters. The molecule has 3 aromatic rings. The predicted octanol–water partition coefficient (Wildman–Crippen LogP) is 4.01. The van der Waals surface area contributed by atoms with E-state index in [4.69, 9.17) is 9.51 Å². The van der Waals surface area contributed by atoms with Crippen molar-refractivity contribution in [3.8, 4) is 11.3 Å². The summed E-state index contributed by atoms with van der Waals surface area (Å²) < 4.78 is 7.62. The summed E-state index contributed by atoms with van der Waals surface area (Å²) in [7, 11) is 0. The molecule has 0 fully saturated rings. The van der Waals surface area contributed by atoms with Gasteiger partial charge in [0.05, 0.1) is 11.4 Å². The van der Waals surface area contributed by atoms with Gasteiger partial charge in [0.25, 0.3) is 5.91 Å². The van der Waals surface area contributed by atoms with E-state index in [-0.39, 0.29) is 5.91 Å². The number of benzene rings is 1. The zero-order valence-corrected chi connectivity index (χ0v) is 15.2. The third-order valence-electron chi connectivity index (χ3n) is 5.53. The Labute approximate surface area is 157 Å². The van der Waals surface area contributed by atoms with Crippen LogP contribution in [0.5, 0.6) is 0 Å². The van der Waals surface area contributed by atoms with Crippen molar-refractivity contribution in [3.05, 3.63) is 53.3 Å². The van der Waals surface area contributed by atoms with Gasteiger partial charge in [0.1, 0.15) is 11.6 Å². The number of para-hydroxylation sites is 1. The van der Waals surface area contributed by atoms with Crippen LogP contribution in [0, 0.1) is 0 Å². The van der Waals surface area contributed by atoms with Crippen LogP contribution in [0.25, 0.3) is 11.3 Å². The molecule has 6 nitrogen and oxygen atoms in total. The van der Waals surface area contributed by atoms with E-state index in [1.807, 2.05) is 24.3 Å². The Kier molecular flexibility index (Phi) is 4.03. The topological polar surface area (TPSA) is 73.0 Å². The first-order valence-corrected chi connectivity index (χ1v) is 9.74. The summed E-state index contributed by atoms with van der Waals surface area (Å²) in [4.78, 5) is 17.7. The number of rotatable bonds is 3. The van der Waals surface area contributed by atoms with Gasteiger partial charge in [0.2, 0.25) is 0 Å². The number of aromatic nitrogens is 3. The number of hydrogen-bond donors (Lipinski definition) is 1. The van der Waals surface area contributed by atoms with Crippen molar-refractivity contribution < 1.29 is 9.32 Å². The molecule has 0 bridgehead atoms. The number of nitrogens with one attached hydrogen (secondary N) is 1. The largest absolute Gasteiger partial charge is 0.360 e. The lowest BCUT2D eigenvalue weighted by molar-refractivity contribution is 0.101. The Morgan fingerprint density at radius 1 is 1.07 bits per heavy atom. The fourth-order valence-corrected chi connectivity index (χ4v) is 4.10. The molecule has 5 rings (SSSR count). The number of imidazole rings is 1. The van der Waals surface area contributed by atoms with Crippen LogP contribution in [0.1, 0.15) is 53.3 Å². The van der Waals surface area contributed by atoms with Crippen molar-refractivity contribution in [2.45, 2.75) is 51.5 Å². The highest BCUT2D eigenvalue weighted by Crippen LogP contribution is 2.30. The lowest BCUT2D eigenvalue weighted by Crippen LogP contribution is -2.16. The van der Waals surface area contributed by atoms with Gasteiger partial charge in [-0.3, -0.25) is 4.79 Å². The molecular formula is C21H22N4O2. The lowest BCUT2D eigenvalue weighted by atomic mass is 9.96. The molecule has 0 saturated heterocycles. The van der Waals surface area contributed by atoms with Crippen LogP contribution in [0.15, 0.2) is 35.0 Å².